The average Bonchev–Trinajstić information content (AvgIpc) is 2.93. The van der Waals surface area contributed by atoms with E-state index in [9.17, 15) is 18.0 Å². The van der Waals surface area contributed by atoms with Crippen LogP contribution in [-0.4, -0.2) is 32.6 Å². The van der Waals surface area contributed by atoms with Crippen molar-refractivity contribution in [1.29, 1.82) is 0 Å². The summed E-state index contributed by atoms with van der Waals surface area (Å²) in [7, 11) is 0. The minimum Gasteiger partial charge on any atom is -0.444 e. The lowest BCUT2D eigenvalue weighted by Gasteiger charge is -2.19. The maximum atomic E-state index is 12.3. The first-order valence-electron chi connectivity index (χ1n) is 6.57. The van der Waals surface area contributed by atoms with E-state index in [0.29, 0.717) is 10.6 Å². The third kappa shape index (κ3) is 5.55. The number of amides is 1. The monoisotopic (exact) mass is 348 g/mol. The molecule has 0 spiro atoms. The Labute approximate surface area is 134 Å². The van der Waals surface area contributed by atoms with E-state index in [0.717, 1.165) is 4.68 Å². The molecule has 0 aliphatic carbocycles. The molecular formula is C13H15F3N4O2S. The lowest BCUT2D eigenvalue weighted by molar-refractivity contribution is -0.142. The Balaban J connectivity index is 2.03. The molecule has 0 aliphatic rings. The highest BCUT2D eigenvalue weighted by atomic mass is 32.1. The van der Waals surface area contributed by atoms with Crippen LogP contribution in [0, 0.1) is 0 Å². The van der Waals surface area contributed by atoms with E-state index in [1.807, 2.05) is 0 Å². The molecule has 1 N–H and O–H groups in total. The Morgan fingerprint density at radius 3 is 2.70 bits per heavy atom. The second-order valence-corrected chi connectivity index (χ2v) is 6.56. The van der Waals surface area contributed by atoms with Crippen LogP contribution in [0.25, 0.3) is 10.6 Å². The zero-order chi connectivity index (χ0) is 17.3. The highest BCUT2D eigenvalue weighted by molar-refractivity contribution is 7.13. The molecule has 2 aromatic heterocycles. The number of halogens is 3. The van der Waals surface area contributed by atoms with Gasteiger partial charge in [0.25, 0.3) is 0 Å². The number of aromatic nitrogens is 3. The van der Waals surface area contributed by atoms with Gasteiger partial charge in [-0.25, -0.2) is 9.78 Å². The van der Waals surface area contributed by atoms with E-state index >= 15 is 0 Å². The van der Waals surface area contributed by atoms with Crippen LogP contribution in [-0.2, 0) is 11.3 Å². The Bertz CT molecular complexity index is 688. The van der Waals surface area contributed by atoms with Crippen molar-refractivity contribution in [2.24, 2.45) is 0 Å². The van der Waals surface area contributed by atoms with Crippen LogP contribution in [0.5, 0.6) is 0 Å². The number of ether oxygens (including phenoxy) is 1. The Morgan fingerprint density at radius 1 is 1.39 bits per heavy atom. The largest absolute Gasteiger partial charge is 0.444 e. The van der Waals surface area contributed by atoms with Crippen molar-refractivity contribution >= 4 is 23.2 Å². The van der Waals surface area contributed by atoms with Gasteiger partial charge in [0.1, 0.15) is 23.0 Å². The number of thiazole rings is 1. The van der Waals surface area contributed by atoms with Crippen LogP contribution < -0.4 is 5.32 Å². The normalized spacial score (nSPS) is 12.3. The average molecular weight is 348 g/mol. The Kier molecular flexibility index (Phi) is 4.64. The van der Waals surface area contributed by atoms with Gasteiger partial charge in [-0.15, -0.1) is 11.3 Å². The predicted octanol–water partition coefficient (Wildman–Crippen LogP) is 3.92. The first-order valence-corrected chi connectivity index (χ1v) is 7.45. The number of alkyl halides is 3. The summed E-state index contributed by atoms with van der Waals surface area (Å²) >= 11 is 1.18. The van der Waals surface area contributed by atoms with Crippen LogP contribution in [0.2, 0.25) is 0 Å². The molecule has 0 bridgehead atoms. The SMILES string of the molecule is CC(C)(C)OC(=O)Nc1csc(-c2cnn(CC(F)(F)F)c2)n1. The molecule has 0 radical (unpaired) electrons. The fraction of sp³-hybridized carbons (Fsp3) is 0.462. The lowest BCUT2D eigenvalue weighted by Crippen LogP contribution is -2.27. The van der Waals surface area contributed by atoms with Crippen molar-refractivity contribution in [3.05, 3.63) is 17.8 Å². The van der Waals surface area contributed by atoms with Crippen molar-refractivity contribution in [3.63, 3.8) is 0 Å². The van der Waals surface area contributed by atoms with Crippen LogP contribution in [0.3, 0.4) is 0 Å². The summed E-state index contributed by atoms with van der Waals surface area (Å²) in [6.45, 7) is 4.03. The lowest BCUT2D eigenvalue weighted by atomic mass is 10.2. The van der Waals surface area contributed by atoms with Crippen LogP contribution in [0.1, 0.15) is 20.8 Å². The van der Waals surface area contributed by atoms with E-state index in [-0.39, 0.29) is 5.82 Å². The van der Waals surface area contributed by atoms with Crippen molar-refractivity contribution in [2.75, 3.05) is 5.32 Å². The minimum atomic E-state index is -4.34. The molecule has 0 aromatic carbocycles. The van der Waals surface area contributed by atoms with Crippen molar-refractivity contribution in [2.45, 2.75) is 39.1 Å². The number of rotatable bonds is 3. The number of nitrogens with one attached hydrogen (secondary N) is 1. The fourth-order valence-corrected chi connectivity index (χ4v) is 2.34. The van der Waals surface area contributed by atoms with Gasteiger partial charge in [-0.1, -0.05) is 0 Å². The highest BCUT2D eigenvalue weighted by Gasteiger charge is 2.28. The zero-order valence-electron chi connectivity index (χ0n) is 12.6. The van der Waals surface area contributed by atoms with Gasteiger partial charge in [0.15, 0.2) is 0 Å². The quantitative estimate of drug-likeness (QED) is 0.913. The number of carbonyl (C=O) groups is 1. The zero-order valence-corrected chi connectivity index (χ0v) is 13.5. The maximum Gasteiger partial charge on any atom is 0.413 e. The van der Waals surface area contributed by atoms with E-state index in [1.54, 1.807) is 26.2 Å². The van der Waals surface area contributed by atoms with Gasteiger partial charge in [0, 0.05) is 17.1 Å². The summed E-state index contributed by atoms with van der Waals surface area (Å²) in [6.07, 6.45) is -2.44. The third-order valence-electron chi connectivity index (χ3n) is 2.35. The molecule has 2 rings (SSSR count). The molecule has 2 aromatic rings. The van der Waals surface area contributed by atoms with Crippen molar-refractivity contribution < 1.29 is 22.7 Å². The van der Waals surface area contributed by atoms with Crippen molar-refractivity contribution in [3.8, 4) is 10.6 Å². The third-order valence-corrected chi connectivity index (χ3v) is 3.25. The second-order valence-electron chi connectivity index (χ2n) is 5.71. The van der Waals surface area contributed by atoms with Gasteiger partial charge in [-0.05, 0) is 20.8 Å². The van der Waals surface area contributed by atoms with Gasteiger partial charge < -0.3 is 4.74 Å². The van der Waals surface area contributed by atoms with Crippen LogP contribution >= 0.6 is 11.3 Å². The first-order chi connectivity index (χ1) is 10.5. The summed E-state index contributed by atoms with van der Waals surface area (Å²) < 4.78 is 42.8. The molecule has 23 heavy (non-hydrogen) atoms. The molecule has 0 atom stereocenters. The van der Waals surface area contributed by atoms with Gasteiger partial charge in [-0.3, -0.25) is 10.00 Å². The number of hydrogen-bond donors (Lipinski definition) is 1. The number of hydrogen-bond acceptors (Lipinski definition) is 5. The first kappa shape index (κ1) is 17.3. The summed E-state index contributed by atoms with van der Waals surface area (Å²) in [6, 6.07) is 0. The second kappa shape index (κ2) is 6.19. The molecular weight excluding hydrogens is 333 g/mol. The molecule has 6 nitrogen and oxygen atoms in total. The molecule has 0 saturated carbocycles. The van der Waals surface area contributed by atoms with Gasteiger partial charge in [-0.2, -0.15) is 18.3 Å². The summed E-state index contributed by atoms with van der Waals surface area (Å²) in [5.74, 6) is 0.267. The standard InChI is InChI=1S/C13H15F3N4O2S/c1-12(2,3)22-11(21)19-9-6-23-10(18-9)8-4-17-20(5-8)7-13(14,15)16/h4-6H,7H2,1-3H3,(H,19,21). The number of nitrogens with zero attached hydrogens (tertiary/aromatic N) is 3. The molecule has 1 amide bonds. The Morgan fingerprint density at radius 2 is 2.09 bits per heavy atom. The fourth-order valence-electron chi connectivity index (χ4n) is 1.62. The van der Waals surface area contributed by atoms with E-state index in [2.05, 4.69) is 15.4 Å². The molecule has 2 heterocycles. The van der Waals surface area contributed by atoms with E-state index in [1.165, 1.54) is 23.7 Å². The topological polar surface area (TPSA) is 69.0 Å². The molecule has 0 aliphatic heterocycles. The number of anilines is 1. The van der Waals surface area contributed by atoms with Gasteiger partial charge in [0.2, 0.25) is 0 Å². The van der Waals surface area contributed by atoms with E-state index < -0.39 is 24.4 Å². The van der Waals surface area contributed by atoms with E-state index in [4.69, 9.17) is 4.74 Å². The summed E-state index contributed by atoms with van der Waals surface area (Å²) in [5, 5.41) is 8.13. The Hall–Kier alpha value is -2.10. The molecule has 0 saturated heterocycles. The van der Waals surface area contributed by atoms with Gasteiger partial charge in [0.05, 0.1) is 6.20 Å². The maximum absolute atomic E-state index is 12.3. The van der Waals surface area contributed by atoms with Gasteiger partial charge >= 0.3 is 12.3 Å². The highest BCUT2D eigenvalue weighted by Crippen LogP contribution is 2.26. The van der Waals surface area contributed by atoms with Crippen molar-refractivity contribution in [1.82, 2.24) is 14.8 Å². The summed E-state index contributed by atoms with van der Waals surface area (Å²) in [5.41, 5.74) is -0.196. The van der Waals surface area contributed by atoms with Crippen LogP contribution in [0.15, 0.2) is 17.8 Å². The number of carbonyl (C=O) groups excluding carboxylic acids is 1. The summed E-state index contributed by atoms with van der Waals surface area (Å²) in [4.78, 5) is 15.8. The minimum absolute atomic E-state index is 0.267. The van der Waals surface area contributed by atoms with Crippen LogP contribution in [0.4, 0.5) is 23.8 Å². The molecule has 0 unspecified atom stereocenters. The molecule has 126 valence electrons. The molecule has 10 heteroatoms. The molecule has 0 fully saturated rings. The smallest absolute Gasteiger partial charge is 0.413 e. The predicted molar refractivity (Wildman–Crippen MR) is 79.2 cm³/mol.